The van der Waals surface area contributed by atoms with Gasteiger partial charge < -0.3 is 10.2 Å². The maximum absolute atomic E-state index is 12.1. The molecule has 1 saturated carbocycles. The molecule has 1 N–H and O–H groups in total. The summed E-state index contributed by atoms with van der Waals surface area (Å²) in [5, 5.41) is 3.71. The summed E-state index contributed by atoms with van der Waals surface area (Å²) in [7, 11) is 0. The van der Waals surface area contributed by atoms with Crippen LogP contribution >= 0.6 is 23.2 Å². The molecule has 6 heteroatoms. The summed E-state index contributed by atoms with van der Waals surface area (Å²) in [5.41, 5.74) is 0.496. The number of amides is 2. The molecule has 0 bridgehead atoms. The van der Waals surface area contributed by atoms with Gasteiger partial charge in [-0.3, -0.25) is 9.59 Å². The number of nitrogens with one attached hydrogen (secondary N) is 1. The molecule has 1 aliphatic carbocycles. The molecule has 4 nitrogen and oxygen atoms in total. The molecule has 1 aliphatic rings. The van der Waals surface area contributed by atoms with E-state index in [1.54, 1.807) is 25.1 Å². The van der Waals surface area contributed by atoms with Crippen LogP contribution in [0.1, 0.15) is 45.4 Å². The van der Waals surface area contributed by atoms with Gasteiger partial charge >= 0.3 is 0 Å². The van der Waals surface area contributed by atoms with Crippen molar-refractivity contribution >= 4 is 40.7 Å². The Balaban J connectivity index is 1.91. The normalized spacial score (nSPS) is 15.3. The first kappa shape index (κ1) is 18.1. The number of benzene rings is 1. The molecule has 2 rings (SSSR count). The number of anilines is 1. The predicted molar refractivity (Wildman–Crippen MR) is 94.0 cm³/mol. The molecule has 23 heavy (non-hydrogen) atoms. The van der Waals surface area contributed by atoms with E-state index in [9.17, 15) is 9.59 Å². The van der Waals surface area contributed by atoms with Crippen LogP contribution in [0.25, 0.3) is 0 Å². The van der Waals surface area contributed by atoms with E-state index in [1.807, 2.05) is 4.90 Å². The first-order valence-electron chi connectivity index (χ1n) is 7.99. The van der Waals surface area contributed by atoms with Crippen molar-refractivity contribution in [2.45, 2.75) is 51.5 Å². The van der Waals surface area contributed by atoms with E-state index < -0.39 is 0 Å². The zero-order valence-electron chi connectivity index (χ0n) is 13.3. The molecule has 0 spiro atoms. The number of carbonyl (C=O) groups excluding carboxylic acids is 2. The number of halogens is 2. The summed E-state index contributed by atoms with van der Waals surface area (Å²) < 4.78 is 0. The lowest BCUT2D eigenvalue weighted by molar-refractivity contribution is -0.132. The van der Waals surface area contributed by atoms with Crippen LogP contribution in [0, 0.1) is 0 Å². The van der Waals surface area contributed by atoms with Crippen LogP contribution in [0.3, 0.4) is 0 Å². The summed E-state index contributed by atoms with van der Waals surface area (Å²) in [6, 6.07) is 5.19. The summed E-state index contributed by atoms with van der Waals surface area (Å²) in [6.45, 7) is 2.00. The van der Waals surface area contributed by atoms with Crippen molar-refractivity contribution in [2.75, 3.05) is 11.9 Å². The lowest BCUT2D eigenvalue weighted by atomic mass is 9.94. The maximum Gasteiger partial charge on any atom is 0.226 e. The topological polar surface area (TPSA) is 49.4 Å². The predicted octanol–water partition coefficient (Wildman–Crippen LogP) is 4.50. The van der Waals surface area contributed by atoms with E-state index in [4.69, 9.17) is 23.2 Å². The molecular weight excluding hydrogens is 335 g/mol. The Morgan fingerprint density at radius 1 is 1.22 bits per heavy atom. The molecule has 0 atom stereocenters. The molecule has 0 saturated heterocycles. The number of carbonyl (C=O) groups is 2. The van der Waals surface area contributed by atoms with Crippen LogP contribution in [0.5, 0.6) is 0 Å². The average molecular weight is 357 g/mol. The summed E-state index contributed by atoms with van der Waals surface area (Å²) >= 11 is 11.9. The van der Waals surface area contributed by atoms with E-state index in [-0.39, 0.29) is 24.3 Å². The molecule has 2 amide bonds. The molecule has 1 aromatic rings. The van der Waals surface area contributed by atoms with Gasteiger partial charge in [0.25, 0.3) is 0 Å². The monoisotopic (exact) mass is 356 g/mol. The van der Waals surface area contributed by atoms with Gasteiger partial charge in [0, 0.05) is 31.0 Å². The van der Waals surface area contributed by atoms with Gasteiger partial charge in [-0.1, -0.05) is 42.5 Å². The van der Waals surface area contributed by atoms with E-state index in [2.05, 4.69) is 5.32 Å². The molecule has 126 valence electrons. The SMILES string of the molecule is CC(=O)N(CCC(=O)Nc1cc(Cl)ccc1Cl)C1CCCCC1. The first-order chi connectivity index (χ1) is 11.0. The van der Waals surface area contributed by atoms with Gasteiger partial charge in [0.05, 0.1) is 10.7 Å². The second-order valence-electron chi connectivity index (χ2n) is 5.93. The van der Waals surface area contributed by atoms with Gasteiger partial charge in [0.1, 0.15) is 0 Å². The molecule has 1 aromatic carbocycles. The minimum Gasteiger partial charge on any atom is -0.339 e. The Bertz CT molecular complexity index is 572. The molecule has 0 aromatic heterocycles. The lowest BCUT2D eigenvalue weighted by Crippen LogP contribution is -2.41. The Labute approximate surface area is 147 Å². The van der Waals surface area contributed by atoms with Gasteiger partial charge in [0.15, 0.2) is 0 Å². The number of nitrogens with zero attached hydrogens (tertiary/aromatic N) is 1. The van der Waals surface area contributed by atoms with Crippen LogP contribution in [0.15, 0.2) is 18.2 Å². The van der Waals surface area contributed by atoms with Gasteiger partial charge in [-0.05, 0) is 31.0 Å². The van der Waals surface area contributed by atoms with Gasteiger partial charge in [0.2, 0.25) is 11.8 Å². The minimum absolute atomic E-state index is 0.0329. The number of hydrogen-bond acceptors (Lipinski definition) is 2. The molecule has 0 radical (unpaired) electrons. The largest absolute Gasteiger partial charge is 0.339 e. The highest BCUT2D eigenvalue weighted by atomic mass is 35.5. The van der Waals surface area contributed by atoms with Crippen molar-refractivity contribution in [2.24, 2.45) is 0 Å². The molecular formula is C17H22Cl2N2O2. The molecule has 1 fully saturated rings. The molecule has 0 aliphatic heterocycles. The first-order valence-corrected chi connectivity index (χ1v) is 8.75. The molecule has 0 unspecified atom stereocenters. The minimum atomic E-state index is -0.170. The second-order valence-corrected chi connectivity index (χ2v) is 6.77. The van der Waals surface area contributed by atoms with Crippen LogP contribution in [-0.4, -0.2) is 29.3 Å². The third-order valence-electron chi connectivity index (χ3n) is 4.20. The van der Waals surface area contributed by atoms with E-state index in [0.29, 0.717) is 22.3 Å². The van der Waals surface area contributed by atoms with Crippen molar-refractivity contribution in [3.05, 3.63) is 28.2 Å². The number of hydrogen-bond donors (Lipinski definition) is 1. The zero-order chi connectivity index (χ0) is 16.8. The van der Waals surface area contributed by atoms with E-state index in [0.717, 1.165) is 25.7 Å². The quantitative estimate of drug-likeness (QED) is 0.843. The summed E-state index contributed by atoms with van der Waals surface area (Å²) in [5.74, 6) is -0.137. The fourth-order valence-corrected chi connectivity index (χ4v) is 3.35. The van der Waals surface area contributed by atoms with E-state index in [1.165, 1.54) is 6.42 Å². The van der Waals surface area contributed by atoms with Gasteiger partial charge in [-0.25, -0.2) is 0 Å². The van der Waals surface area contributed by atoms with Crippen molar-refractivity contribution < 1.29 is 9.59 Å². The number of rotatable bonds is 5. The van der Waals surface area contributed by atoms with Gasteiger partial charge in [-0.2, -0.15) is 0 Å². The van der Waals surface area contributed by atoms with Crippen LogP contribution < -0.4 is 5.32 Å². The fraction of sp³-hybridized carbons (Fsp3) is 0.529. The van der Waals surface area contributed by atoms with Crippen molar-refractivity contribution in [3.63, 3.8) is 0 Å². The van der Waals surface area contributed by atoms with Crippen LogP contribution in [0.2, 0.25) is 10.0 Å². The van der Waals surface area contributed by atoms with Gasteiger partial charge in [-0.15, -0.1) is 0 Å². The van der Waals surface area contributed by atoms with Crippen molar-refractivity contribution in [1.82, 2.24) is 4.90 Å². The second kappa shape index (κ2) is 8.55. The summed E-state index contributed by atoms with van der Waals surface area (Å²) in [6.07, 6.45) is 5.84. The summed E-state index contributed by atoms with van der Waals surface area (Å²) in [4.78, 5) is 25.8. The van der Waals surface area contributed by atoms with Crippen LogP contribution in [-0.2, 0) is 9.59 Å². The highest BCUT2D eigenvalue weighted by Crippen LogP contribution is 2.26. The standard InChI is InChI=1S/C17H22Cl2N2O2/c1-12(22)21(14-5-3-2-4-6-14)10-9-17(23)20-16-11-13(18)7-8-15(16)19/h7-8,11,14H,2-6,9-10H2,1H3,(H,20,23). The fourth-order valence-electron chi connectivity index (χ4n) is 3.02. The highest BCUT2D eigenvalue weighted by molar-refractivity contribution is 6.35. The van der Waals surface area contributed by atoms with Crippen molar-refractivity contribution in [3.8, 4) is 0 Å². The average Bonchev–Trinajstić information content (AvgIpc) is 2.52. The zero-order valence-corrected chi connectivity index (χ0v) is 14.8. The Kier molecular flexibility index (Phi) is 6.72. The smallest absolute Gasteiger partial charge is 0.226 e. The Hall–Kier alpha value is -1.26. The van der Waals surface area contributed by atoms with Crippen LogP contribution in [0.4, 0.5) is 5.69 Å². The maximum atomic E-state index is 12.1. The Morgan fingerprint density at radius 2 is 1.91 bits per heavy atom. The van der Waals surface area contributed by atoms with E-state index >= 15 is 0 Å². The third kappa shape index (κ3) is 5.40. The third-order valence-corrected chi connectivity index (χ3v) is 4.77. The van der Waals surface area contributed by atoms with Crippen molar-refractivity contribution in [1.29, 1.82) is 0 Å². The highest BCUT2D eigenvalue weighted by Gasteiger charge is 2.23. The lowest BCUT2D eigenvalue weighted by Gasteiger charge is -2.33. The molecule has 0 heterocycles. The Morgan fingerprint density at radius 3 is 2.57 bits per heavy atom.